The number of amides is 1. The molecule has 278 valence electrons. The SMILES string of the molecule is C=C1C(=O)[C@H](C)C[C@](C)(OC)[C@H](O[C@@H]2O[C@H](C)C[C@H](N(C)C)[C@H]2O)[C@@H](C)C(=O)[C@@H](C)C(=O)O[C@H](CC)[C@@]2(C)OC(=O)N(Cc3ccccc3)[C@H]12. The molecule has 3 heterocycles. The number of aliphatic hydroxyl groups excluding tert-OH is 1. The molecule has 0 aromatic heterocycles. The minimum absolute atomic E-state index is 0.0755. The molecule has 0 aliphatic carbocycles. The third-order valence-corrected chi connectivity index (χ3v) is 11.0. The second-order valence-electron chi connectivity index (χ2n) is 15.0. The van der Waals surface area contributed by atoms with Gasteiger partial charge in [-0.3, -0.25) is 19.3 Å². The third-order valence-electron chi connectivity index (χ3n) is 11.0. The number of carbonyl (C=O) groups is 4. The van der Waals surface area contributed by atoms with E-state index in [9.17, 15) is 24.3 Å². The molecule has 3 saturated heterocycles. The lowest BCUT2D eigenvalue weighted by Crippen LogP contribution is -2.59. The van der Waals surface area contributed by atoms with Crippen LogP contribution in [0.1, 0.15) is 73.3 Å². The van der Waals surface area contributed by atoms with E-state index < -0.39 is 77.4 Å². The van der Waals surface area contributed by atoms with E-state index in [1.807, 2.05) is 56.3 Å². The number of esters is 1. The van der Waals surface area contributed by atoms with Crippen molar-refractivity contribution in [1.29, 1.82) is 0 Å². The summed E-state index contributed by atoms with van der Waals surface area (Å²) >= 11 is 0. The summed E-state index contributed by atoms with van der Waals surface area (Å²) in [6, 6.07) is 8.02. The maximum atomic E-state index is 14.4. The summed E-state index contributed by atoms with van der Waals surface area (Å²) in [6.45, 7) is 16.3. The maximum Gasteiger partial charge on any atom is 0.411 e. The lowest BCUT2D eigenvalue weighted by Gasteiger charge is -2.47. The number of Topliss-reactive ketones (excluding diaryl/α,β-unsaturated/α-hetero) is 2. The van der Waals surface area contributed by atoms with Crippen LogP contribution in [0.5, 0.6) is 0 Å². The second kappa shape index (κ2) is 15.6. The Morgan fingerprint density at radius 2 is 1.70 bits per heavy atom. The van der Waals surface area contributed by atoms with Crippen molar-refractivity contribution in [3.63, 3.8) is 0 Å². The van der Waals surface area contributed by atoms with Gasteiger partial charge in [0.1, 0.15) is 24.2 Å². The van der Waals surface area contributed by atoms with Gasteiger partial charge in [-0.2, -0.15) is 0 Å². The topological polar surface area (TPSA) is 141 Å². The minimum Gasteiger partial charge on any atom is -0.457 e. The Kier molecular flexibility index (Phi) is 12.4. The van der Waals surface area contributed by atoms with E-state index in [0.717, 1.165) is 5.56 Å². The summed E-state index contributed by atoms with van der Waals surface area (Å²) in [4.78, 5) is 59.4. The van der Waals surface area contributed by atoms with Crippen molar-refractivity contribution in [2.45, 2.75) is 128 Å². The number of ether oxygens (including phenoxy) is 5. The summed E-state index contributed by atoms with van der Waals surface area (Å²) in [7, 11) is 5.20. The molecule has 3 aliphatic heterocycles. The van der Waals surface area contributed by atoms with Crippen molar-refractivity contribution in [2.75, 3.05) is 21.2 Å². The Hall–Kier alpha value is -3.16. The molecular formula is C38H56N2O10. The van der Waals surface area contributed by atoms with Crippen LogP contribution in [0.25, 0.3) is 0 Å². The summed E-state index contributed by atoms with van der Waals surface area (Å²) in [5, 5.41) is 11.4. The van der Waals surface area contributed by atoms with Gasteiger partial charge in [0, 0.05) is 37.1 Å². The monoisotopic (exact) mass is 700 g/mol. The molecule has 0 unspecified atom stereocenters. The number of cyclic esters (lactones) is 1. The van der Waals surface area contributed by atoms with Crippen molar-refractivity contribution >= 4 is 23.6 Å². The largest absolute Gasteiger partial charge is 0.457 e. The van der Waals surface area contributed by atoms with E-state index in [1.54, 1.807) is 34.6 Å². The fourth-order valence-corrected chi connectivity index (χ4v) is 7.99. The second-order valence-corrected chi connectivity index (χ2v) is 15.0. The normalized spacial score (nSPS) is 39.2. The highest BCUT2D eigenvalue weighted by Crippen LogP contribution is 2.43. The van der Waals surface area contributed by atoms with Crippen molar-refractivity contribution in [2.24, 2.45) is 17.8 Å². The number of nitrogens with zero attached hydrogens (tertiary/aromatic N) is 2. The average Bonchev–Trinajstić information content (AvgIpc) is 3.33. The number of hydrogen-bond donors (Lipinski definition) is 1. The highest BCUT2D eigenvalue weighted by molar-refractivity contribution is 6.00. The Morgan fingerprint density at radius 3 is 2.28 bits per heavy atom. The number of methoxy groups -OCH3 is 1. The van der Waals surface area contributed by atoms with Crippen LogP contribution in [0.15, 0.2) is 42.5 Å². The summed E-state index contributed by atoms with van der Waals surface area (Å²) in [5.74, 6) is -4.55. The average molecular weight is 701 g/mol. The van der Waals surface area contributed by atoms with Crippen LogP contribution in [0.4, 0.5) is 4.79 Å². The standard InChI is InChI=1S/C38H56N2O10/c1-12-28-38(8)32(40(36(45)50-38)20-26-16-14-13-15-17-26)23(4)29(41)21(2)19-37(7,46-11)33(24(5)30(42)25(6)34(44)48-28)49-35-31(43)27(39(9)10)18-22(3)47-35/h13-17,21-22,24-25,27-28,31-33,35,43H,4,12,18-20H2,1-3,5-11H3/t21-,22-,24+,25-,27+,28-,31-,32-,33-,35+,37+,38-/m1/s1. The van der Waals surface area contributed by atoms with Crippen molar-refractivity contribution in [1.82, 2.24) is 9.80 Å². The van der Waals surface area contributed by atoms with Gasteiger partial charge in [0.2, 0.25) is 0 Å². The van der Waals surface area contributed by atoms with Gasteiger partial charge in [-0.25, -0.2) is 4.79 Å². The highest BCUT2D eigenvalue weighted by atomic mass is 16.7. The summed E-state index contributed by atoms with van der Waals surface area (Å²) in [5.41, 5.74) is -1.86. The van der Waals surface area contributed by atoms with Crippen molar-refractivity contribution in [3.8, 4) is 0 Å². The number of aliphatic hydroxyl groups is 1. The molecule has 1 aromatic carbocycles. The van der Waals surface area contributed by atoms with Crippen LogP contribution < -0.4 is 0 Å². The van der Waals surface area contributed by atoms with Crippen LogP contribution in [0.2, 0.25) is 0 Å². The highest BCUT2D eigenvalue weighted by Gasteiger charge is 2.59. The molecule has 0 radical (unpaired) electrons. The van der Waals surface area contributed by atoms with E-state index in [4.69, 9.17) is 23.7 Å². The van der Waals surface area contributed by atoms with Crippen molar-refractivity contribution < 1.29 is 48.0 Å². The molecule has 1 N–H and O–H groups in total. The lowest BCUT2D eigenvalue weighted by atomic mass is 9.75. The number of ketones is 2. The van der Waals surface area contributed by atoms with E-state index in [2.05, 4.69) is 6.58 Å². The van der Waals surface area contributed by atoms with Crippen LogP contribution >= 0.6 is 0 Å². The van der Waals surface area contributed by atoms with Crippen molar-refractivity contribution in [3.05, 3.63) is 48.0 Å². The Morgan fingerprint density at radius 1 is 1.06 bits per heavy atom. The minimum atomic E-state index is -1.49. The van der Waals surface area contributed by atoms with Crippen LogP contribution in [-0.4, -0.2) is 114 Å². The molecule has 1 aromatic rings. The Bertz CT molecular complexity index is 1420. The van der Waals surface area contributed by atoms with Gasteiger partial charge in [0.25, 0.3) is 0 Å². The zero-order valence-corrected chi connectivity index (χ0v) is 31.2. The van der Waals surface area contributed by atoms with Crippen LogP contribution in [-0.2, 0) is 44.6 Å². The fourth-order valence-electron chi connectivity index (χ4n) is 7.99. The first-order valence-corrected chi connectivity index (χ1v) is 17.6. The molecule has 3 fully saturated rings. The first-order valence-electron chi connectivity index (χ1n) is 17.6. The quantitative estimate of drug-likeness (QED) is 0.247. The van der Waals surface area contributed by atoms with Gasteiger partial charge >= 0.3 is 12.1 Å². The molecule has 0 bridgehead atoms. The molecule has 3 aliphatic rings. The smallest absolute Gasteiger partial charge is 0.411 e. The van der Waals surface area contributed by atoms with E-state index in [1.165, 1.54) is 18.9 Å². The fraction of sp³-hybridized carbons (Fsp3) is 0.684. The molecular weight excluding hydrogens is 644 g/mol. The molecule has 1 amide bonds. The van der Waals surface area contributed by atoms with Crippen LogP contribution in [0, 0.1) is 17.8 Å². The number of benzene rings is 1. The zero-order chi connectivity index (χ0) is 37.3. The molecule has 4 rings (SSSR count). The van der Waals surface area contributed by atoms with E-state index in [-0.39, 0.29) is 42.9 Å². The number of hydrogen-bond acceptors (Lipinski definition) is 11. The van der Waals surface area contributed by atoms with E-state index >= 15 is 0 Å². The number of fused-ring (bicyclic) bond motifs is 1. The Labute approximate surface area is 296 Å². The number of carbonyl (C=O) groups excluding carboxylic acids is 4. The predicted molar refractivity (Wildman–Crippen MR) is 185 cm³/mol. The molecule has 12 nitrogen and oxygen atoms in total. The molecule has 0 spiro atoms. The maximum absolute atomic E-state index is 14.4. The summed E-state index contributed by atoms with van der Waals surface area (Å²) < 4.78 is 30.8. The van der Waals surface area contributed by atoms with Gasteiger partial charge in [-0.1, -0.05) is 57.7 Å². The lowest BCUT2D eigenvalue weighted by molar-refractivity contribution is -0.295. The van der Waals surface area contributed by atoms with Gasteiger partial charge in [0.05, 0.1) is 17.8 Å². The van der Waals surface area contributed by atoms with Gasteiger partial charge in [-0.05, 0) is 66.6 Å². The van der Waals surface area contributed by atoms with E-state index in [0.29, 0.717) is 6.42 Å². The summed E-state index contributed by atoms with van der Waals surface area (Å²) in [6.07, 6.45) is -4.32. The third kappa shape index (κ3) is 7.69. The van der Waals surface area contributed by atoms with Crippen LogP contribution in [0.3, 0.4) is 0 Å². The zero-order valence-electron chi connectivity index (χ0n) is 31.2. The number of rotatable bonds is 7. The first-order chi connectivity index (χ1) is 23.4. The first kappa shape index (κ1) is 39.6. The predicted octanol–water partition coefficient (Wildman–Crippen LogP) is 4.31. The molecule has 12 heteroatoms. The molecule has 50 heavy (non-hydrogen) atoms. The van der Waals surface area contributed by atoms with Gasteiger partial charge in [0.15, 0.2) is 23.5 Å². The Balaban J connectivity index is 1.80. The van der Waals surface area contributed by atoms with Gasteiger partial charge < -0.3 is 33.7 Å². The molecule has 0 saturated carbocycles. The number of likely N-dealkylation sites (N-methyl/N-ethyl adjacent to an activating group) is 1. The molecule has 12 atom stereocenters. The van der Waals surface area contributed by atoms with Gasteiger partial charge in [-0.15, -0.1) is 0 Å².